The first kappa shape index (κ1) is 10.4. The first-order valence-electron chi connectivity index (χ1n) is 6.00. The summed E-state index contributed by atoms with van der Waals surface area (Å²) in [5.41, 5.74) is 0. The molecule has 1 aliphatic heterocycles. The molecule has 1 saturated heterocycles. The van der Waals surface area contributed by atoms with Crippen LogP contribution in [0.4, 0.5) is 0 Å². The van der Waals surface area contributed by atoms with Crippen molar-refractivity contribution < 1.29 is 5.11 Å². The van der Waals surface area contributed by atoms with E-state index in [4.69, 9.17) is 5.11 Å². The van der Waals surface area contributed by atoms with Crippen molar-refractivity contribution in [2.75, 3.05) is 13.2 Å². The number of nitrogens with one attached hydrogen (secondary N) is 2. The van der Waals surface area contributed by atoms with E-state index in [1.807, 2.05) is 0 Å². The molecule has 1 saturated carbocycles. The van der Waals surface area contributed by atoms with E-state index in [0.717, 1.165) is 19.0 Å². The number of hydrogen-bond acceptors (Lipinski definition) is 3. The lowest BCUT2D eigenvalue weighted by atomic mass is 9.96. The fourth-order valence-electron chi connectivity index (χ4n) is 2.31. The minimum Gasteiger partial charge on any atom is -0.396 e. The van der Waals surface area contributed by atoms with Crippen LogP contribution in [0.5, 0.6) is 0 Å². The zero-order valence-electron chi connectivity index (χ0n) is 8.84. The molecule has 2 rings (SSSR count). The summed E-state index contributed by atoms with van der Waals surface area (Å²) in [6.45, 7) is 1.46. The van der Waals surface area contributed by atoms with Crippen LogP contribution in [0.25, 0.3) is 0 Å². The molecule has 3 heteroatoms. The van der Waals surface area contributed by atoms with Gasteiger partial charge in [0.15, 0.2) is 0 Å². The van der Waals surface area contributed by atoms with E-state index in [1.54, 1.807) is 0 Å². The lowest BCUT2D eigenvalue weighted by Gasteiger charge is -2.32. The van der Waals surface area contributed by atoms with Gasteiger partial charge < -0.3 is 15.7 Å². The smallest absolute Gasteiger partial charge is 0.0446 e. The molecule has 0 aromatic carbocycles. The maximum atomic E-state index is 9.03. The van der Waals surface area contributed by atoms with E-state index in [2.05, 4.69) is 10.6 Å². The summed E-state index contributed by atoms with van der Waals surface area (Å²) in [7, 11) is 0. The molecule has 0 amide bonds. The van der Waals surface area contributed by atoms with Gasteiger partial charge in [-0.2, -0.15) is 0 Å². The van der Waals surface area contributed by atoms with Gasteiger partial charge in [0.1, 0.15) is 0 Å². The van der Waals surface area contributed by atoms with Crippen LogP contribution in [0.3, 0.4) is 0 Å². The Bertz CT molecular complexity index is 165. The van der Waals surface area contributed by atoms with Crippen molar-refractivity contribution in [2.45, 2.75) is 56.7 Å². The highest BCUT2D eigenvalue weighted by Gasteiger charge is 2.29. The standard InChI is InChI=1S/C11H22N2O/c14-8-6-11(13-9-4-5-9)10-3-1-2-7-12-10/h9-14H,1-8H2/t10-,11+/m1/s1. The van der Waals surface area contributed by atoms with Crippen LogP contribution in [-0.2, 0) is 0 Å². The first-order valence-corrected chi connectivity index (χ1v) is 6.00. The highest BCUT2D eigenvalue weighted by Crippen LogP contribution is 2.22. The molecular weight excluding hydrogens is 176 g/mol. The second-order valence-electron chi connectivity index (χ2n) is 4.62. The van der Waals surface area contributed by atoms with Crippen LogP contribution in [0.1, 0.15) is 38.5 Å². The van der Waals surface area contributed by atoms with E-state index >= 15 is 0 Å². The van der Waals surface area contributed by atoms with Crippen molar-refractivity contribution >= 4 is 0 Å². The molecule has 2 atom stereocenters. The topological polar surface area (TPSA) is 44.3 Å². The number of aliphatic hydroxyl groups is 1. The lowest BCUT2D eigenvalue weighted by Crippen LogP contribution is -2.51. The predicted octanol–water partition coefficient (Wildman–Crippen LogP) is 0.631. The van der Waals surface area contributed by atoms with Crippen molar-refractivity contribution in [3.05, 3.63) is 0 Å². The Hall–Kier alpha value is -0.120. The molecule has 1 aliphatic carbocycles. The van der Waals surface area contributed by atoms with Gasteiger partial charge in [0, 0.05) is 24.7 Å². The van der Waals surface area contributed by atoms with Crippen LogP contribution < -0.4 is 10.6 Å². The Kier molecular flexibility index (Phi) is 3.79. The highest BCUT2D eigenvalue weighted by atomic mass is 16.3. The van der Waals surface area contributed by atoms with Crippen LogP contribution in [0.15, 0.2) is 0 Å². The highest BCUT2D eigenvalue weighted by molar-refractivity contribution is 4.91. The SMILES string of the molecule is OCC[C@H](NC1CC1)[C@H]1CCCCN1. The van der Waals surface area contributed by atoms with E-state index in [-0.39, 0.29) is 0 Å². The van der Waals surface area contributed by atoms with Crippen molar-refractivity contribution in [2.24, 2.45) is 0 Å². The normalized spacial score (nSPS) is 30.2. The van der Waals surface area contributed by atoms with Gasteiger partial charge >= 0.3 is 0 Å². The summed E-state index contributed by atoms with van der Waals surface area (Å²) >= 11 is 0. The molecule has 14 heavy (non-hydrogen) atoms. The third-order valence-corrected chi connectivity index (χ3v) is 3.30. The summed E-state index contributed by atoms with van der Waals surface area (Å²) in [5, 5.41) is 16.2. The van der Waals surface area contributed by atoms with E-state index in [0.29, 0.717) is 18.7 Å². The minimum atomic E-state index is 0.308. The molecule has 0 aromatic heterocycles. The monoisotopic (exact) mass is 198 g/mol. The number of aliphatic hydroxyl groups excluding tert-OH is 1. The fraction of sp³-hybridized carbons (Fsp3) is 1.00. The largest absolute Gasteiger partial charge is 0.396 e. The molecule has 3 nitrogen and oxygen atoms in total. The summed E-state index contributed by atoms with van der Waals surface area (Å²) in [6, 6.07) is 1.83. The van der Waals surface area contributed by atoms with E-state index in [1.165, 1.54) is 32.1 Å². The Morgan fingerprint density at radius 3 is 2.71 bits per heavy atom. The number of piperidine rings is 1. The summed E-state index contributed by atoms with van der Waals surface area (Å²) in [4.78, 5) is 0. The van der Waals surface area contributed by atoms with Crippen molar-refractivity contribution in [3.8, 4) is 0 Å². The molecule has 82 valence electrons. The maximum Gasteiger partial charge on any atom is 0.0446 e. The Morgan fingerprint density at radius 1 is 1.29 bits per heavy atom. The molecule has 0 radical (unpaired) electrons. The Balaban J connectivity index is 1.79. The van der Waals surface area contributed by atoms with Gasteiger partial charge in [-0.25, -0.2) is 0 Å². The minimum absolute atomic E-state index is 0.308. The third kappa shape index (κ3) is 2.94. The Labute approximate surface area is 86.3 Å². The molecule has 0 spiro atoms. The quantitative estimate of drug-likeness (QED) is 0.607. The van der Waals surface area contributed by atoms with Crippen molar-refractivity contribution in [1.82, 2.24) is 10.6 Å². The number of rotatable bonds is 5. The zero-order chi connectivity index (χ0) is 9.80. The van der Waals surface area contributed by atoms with Crippen LogP contribution in [0.2, 0.25) is 0 Å². The second-order valence-corrected chi connectivity index (χ2v) is 4.62. The van der Waals surface area contributed by atoms with Gasteiger partial charge in [0.2, 0.25) is 0 Å². The van der Waals surface area contributed by atoms with Gasteiger partial charge in [-0.05, 0) is 38.6 Å². The van der Waals surface area contributed by atoms with E-state index < -0.39 is 0 Å². The molecule has 1 heterocycles. The van der Waals surface area contributed by atoms with Gasteiger partial charge in [0.05, 0.1) is 0 Å². The van der Waals surface area contributed by atoms with Gasteiger partial charge in [-0.15, -0.1) is 0 Å². The zero-order valence-corrected chi connectivity index (χ0v) is 8.84. The fourth-order valence-corrected chi connectivity index (χ4v) is 2.31. The summed E-state index contributed by atoms with van der Waals surface area (Å²) in [5.74, 6) is 0. The third-order valence-electron chi connectivity index (χ3n) is 3.30. The van der Waals surface area contributed by atoms with Crippen LogP contribution in [-0.4, -0.2) is 36.4 Å². The molecule has 0 unspecified atom stereocenters. The van der Waals surface area contributed by atoms with Crippen molar-refractivity contribution in [1.29, 1.82) is 0 Å². The van der Waals surface area contributed by atoms with Crippen LogP contribution >= 0.6 is 0 Å². The lowest BCUT2D eigenvalue weighted by molar-refractivity contribution is 0.227. The Morgan fingerprint density at radius 2 is 2.14 bits per heavy atom. The molecular formula is C11H22N2O. The molecule has 0 aromatic rings. The molecule has 0 bridgehead atoms. The average Bonchev–Trinajstić information content (AvgIpc) is 3.03. The average molecular weight is 198 g/mol. The maximum absolute atomic E-state index is 9.03. The van der Waals surface area contributed by atoms with Gasteiger partial charge in [0.25, 0.3) is 0 Å². The predicted molar refractivity (Wildman–Crippen MR) is 57.3 cm³/mol. The van der Waals surface area contributed by atoms with Gasteiger partial charge in [-0.1, -0.05) is 6.42 Å². The molecule has 3 N–H and O–H groups in total. The summed E-state index contributed by atoms with van der Waals surface area (Å²) in [6.07, 6.45) is 7.47. The second kappa shape index (κ2) is 5.10. The number of hydrogen-bond donors (Lipinski definition) is 3. The summed E-state index contributed by atoms with van der Waals surface area (Å²) < 4.78 is 0. The van der Waals surface area contributed by atoms with Crippen LogP contribution in [0, 0.1) is 0 Å². The molecule has 2 aliphatic rings. The van der Waals surface area contributed by atoms with Crippen molar-refractivity contribution in [3.63, 3.8) is 0 Å². The first-order chi connectivity index (χ1) is 6.90. The van der Waals surface area contributed by atoms with E-state index in [9.17, 15) is 0 Å². The van der Waals surface area contributed by atoms with Gasteiger partial charge in [-0.3, -0.25) is 0 Å². The molecule has 2 fully saturated rings.